The molecule has 0 saturated carbocycles. The lowest BCUT2D eigenvalue weighted by molar-refractivity contribution is -0.143. The summed E-state index contributed by atoms with van der Waals surface area (Å²) < 4.78 is 57.7. The van der Waals surface area contributed by atoms with Crippen LogP contribution in [-0.2, 0) is 31.1 Å². The van der Waals surface area contributed by atoms with Crippen LogP contribution in [0.1, 0.15) is 24.5 Å². The van der Waals surface area contributed by atoms with E-state index in [1.165, 1.54) is 18.2 Å². The third kappa shape index (κ3) is 6.76. The molecule has 3 aromatic carbocycles. The summed E-state index contributed by atoms with van der Waals surface area (Å²) in [5.74, 6) is -1.41. The van der Waals surface area contributed by atoms with E-state index in [9.17, 15) is 31.8 Å². The summed E-state index contributed by atoms with van der Waals surface area (Å²) in [6, 6.07) is 16.2. The number of sulfone groups is 1. The smallest absolute Gasteiger partial charge is 0.340 e. The molecule has 12 heteroatoms. The molecule has 0 aliphatic carbocycles. The van der Waals surface area contributed by atoms with E-state index in [0.29, 0.717) is 16.7 Å². The quantitative estimate of drug-likeness (QED) is 0.250. The van der Waals surface area contributed by atoms with Crippen LogP contribution in [0.2, 0.25) is 0 Å². The Morgan fingerprint density at radius 3 is 2.42 bits per heavy atom. The van der Waals surface area contributed by atoms with Crippen LogP contribution in [0.4, 0.5) is 0 Å². The first-order valence-corrected chi connectivity index (χ1v) is 14.8. The van der Waals surface area contributed by atoms with Gasteiger partial charge in [0.2, 0.25) is 10.0 Å². The van der Waals surface area contributed by atoms with E-state index in [1.807, 2.05) is 6.07 Å². The zero-order valence-corrected chi connectivity index (χ0v) is 22.2. The third-order valence-corrected chi connectivity index (χ3v) is 8.24. The van der Waals surface area contributed by atoms with Crippen molar-refractivity contribution in [1.29, 1.82) is 5.26 Å². The molecule has 3 N–H and O–H groups in total. The maximum atomic E-state index is 12.7. The van der Waals surface area contributed by atoms with Gasteiger partial charge < -0.3 is 14.9 Å². The van der Waals surface area contributed by atoms with E-state index in [4.69, 9.17) is 10.00 Å². The Morgan fingerprint density at radius 2 is 1.76 bits per heavy atom. The Balaban J connectivity index is 1.94. The molecule has 0 aromatic heterocycles. The van der Waals surface area contributed by atoms with Gasteiger partial charge in [0, 0.05) is 18.4 Å². The number of hydrogen-bond donors (Lipinski definition) is 3. The zero-order valence-electron chi connectivity index (χ0n) is 20.6. The molecular weight excluding hydrogens is 532 g/mol. The second kappa shape index (κ2) is 11.7. The number of carbonyl (C=O) groups is 1. The minimum Gasteiger partial charge on any atom is -0.507 e. The molecule has 38 heavy (non-hydrogen) atoms. The van der Waals surface area contributed by atoms with Crippen LogP contribution in [0.5, 0.6) is 11.5 Å². The molecule has 0 radical (unpaired) electrons. The molecule has 0 spiro atoms. The van der Waals surface area contributed by atoms with Crippen LogP contribution in [0.25, 0.3) is 11.1 Å². The molecule has 0 aliphatic heterocycles. The molecule has 0 heterocycles. The Morgan fingerprint density at radius 1 is 1.05 bits per heavy atom. The lowest BCUT2D eigenvalue weighted by atomic mass is 10.0. The monoisotopic (exact) mass is 558 g/mol. The number of aromatic hydroxyl groups is 1. The molecule has 0 saturated heterocycles. The summed E-state index contributed by atoms with van der Waals surface area (Å²) in [5.41, 5.74) is 1.27. The first-order valence-electron chi connectivity index (χ1n) is 11.4. The number of hydrogen-bond acceptors (Lipinski definition) is 9. The van der Waals surface area contributed by atoms with Crippen molar-refractivity contribution in [3.8, 4) is 28.7 Å². The van der Waals surface area contributed by atoms with Crippen molar-refractivity contribution in [2.75, 3.05) is 12.8 Å². The predicted molar refractivity (Wildman–Crippen MR) is 139 cm³/mol. The number of phenols is 1. The molecule has 1 unspecified atom stereocenters. The van der Waals surface area contributed by atoms with Crippen molar-refractivity contribution < 1.29 is 36.6 Å². The zero-order chi connectivity index (χ0) is 28.1. The number of rotatable bonds is 10. The molecule has 3 aromatic rings. The van der Waals surface area contributed by atoms with Crippen LogP contribution < -0.4 is 9.46 Å². The Kier molecular flexibility index (Phi) is 8.90. The molecule has 0 bridgehead atoms. The molecule has 0 amide bonds. The largest absolute Gasteiger partial charge is 0.507 e. The van der Waals surface area contributed by atoms with Crippen molar-refractivity contribution in [3.05, 3.63) is 71.8 Å². The summed E-state index contributed by atoms with van der Waals surface area (Å²) in [5, 5.41) is 28.9. The second-order valence-electron chi connectivity index (χ2n) is 8.38. The lowest BCUT2D eigenvalue weighted by Gasteiger charge is -2.16. The topological polar surface area (TPSA) is 171 Å². The van der Waals surface area contributed by atoms with Gasteiger partial charge in [0.15, 0.2) is 15.9 Å². The molecule has 1 atom stereocenters. The lowest BCUT2D eigenvalue weighted by Crippen LogP contribution is -2.27. The number of nitrogens with zero attached hydrogens (tertiary/aromatic N) is 1. The normalized spacial score (nSPS) is 12.5. The molecule has 10 nitrogen and oxygen atoms in total. The van der Waals surface area contributed by atoms with Gasteiger partial charge in [-0.3, -0.25) is 0 Å². The SMILES string of the molecule is CCC(O)C(=O)Oc1cc(-c2ccccc2S(C)(=O)=O)ccc1CCNS(=O)(=O)c1cc(C#N)ccc1O. The number of aliphatic hydroxyl groups is 1. The van der Waals surface area contributed by atoms with Crippen LogP contribution in [-0.4, -0.2) is 51.9 Å². The number of nitriles is 1. The van der Waals surface area contributed by atoms with Crippen molar-refractivity contribution in [3.63, 3.8) is 0 Å². The maximum Gasteiger partial charge on any atom is 0.340 e. The number of sulfonamides is 1. The highest BCUT2D eigenvalue weighted by molar-refractivity contribution is 7.91. The van der Waals surface area contributed by atoms with Crippen molar-refractivity contribution >= 4 is 25.8 Å². The first kappa shape index (κ1) is 28.8. The van der Waals surface area contributed by atoms with Gasteiger partial charge in [0.1, 0.15) is 16.4 Å². The molecule has 0 fully saturated rings. The minimum absolute atomic E-state index is 0.0248. The van der Waals surface area contributed by atoms with Gasteiger partial charge in [-0.15, -0.1) is 0 Å². The molecule has 3 rings (SSSR count). The summed E-state index contributed by atoms with van der Waals surface area (Å²) in [6.45, 7) is 1.43. The van der Waals surface area contributed by atoms with E-state index < -0.39 is 42.6 Å². The summed E-state index contributed by atoms with van der Waals surface area (Å²) >= 11 is 0. The van der Waals surface area contributed by atoms with Gasteiger partial charge in [-0.1, -0.05) is 37.3 Å². The first-order chi connectivity index (χ1) is 17.9. The van der Waals surface area contributed by atoms with Crippen LogP contribution in [0.15, 0.2) is 70.5 Å². The van der Waals surface area contributed by atoms with E-state index in [0.717, 1.165) is 18.4 Å². The van der Waals surface area contributed by atoms with Gasteiger partial charge in [0.25, 0.3) is 0 Å². The predicted octanol–water partition coefficient (Wildman–Crippen LogP) is 2.53. The van der Waals surface area contributed by atoms with Gasteiger partial charge in [-0.2, -0.15) is 5.26 Å². The second-order valence-corrected chi connectivity index (χ2v) is 12.1. The Bertz CT molecular complexity index is 1610. The number of esters is 1. The van der Waals surface area contributed by atoms with E-state index in [1.54, 1.807) is 37.3 Å². The molecular formula is C26H26N2O8S2. The number of carbonyl (C=O) groups excluding carboxylic acids is 1. The summed E-state index contributed by atoms with van der Waals surface area (Å²) in [7, 11) is -7.76. The number of aliphatic hydroxyl groups excluding tert-OH is 1. The number of phenolic OH excluding ortho intramolecular Hbond substituents is 1. The fourth-order valence-electron chi connectivity index (χ4n) is 3.59. The molecule has 200 valence electrons. The fourth-order valence-corrected chi connectivity index (χ4v) is 5.65. The number of nitrogens with one attached hydrogen (secondary N) is 1. The highest BCUT2D eigenvalue weighted by atomic mass is 32.2. The van der Waals surface area contributed by atoms with E-state index >= 15 is 0 Å². The summed E-state index contributed by atoms with van der Waals surface area (Å²) in [6.07, 6.45) is -0.162. The van der Waals surface area contributed by atoms with Gasteiger partial charge >= 0.3 is 5.97 Å². The fraction of sp³-hybridized carbons (Fsp3) is 0.231. The van der Waals surface area contributed by atoms with Crippen molar-refractivity contribution in [2.24, 2.45) is 0 Å². The van der Waals surface area contributed by atoms with Gasteiger partial charge in [-0.25, -0.2) is 26.4 Å². The Hall–Kier alpha value is -3.76. The highest BCUT2D eigenvalue weighted by Crippen LogP contribution is 2.32. The average molecular weight is 559 g/mol. The van der Waals surface area contributed by atoms with Crippen LogP contribution >= 0.6 is 0 Å². The molecule has 0 aliphatic rings. The number of benzene rings is 3. The van der Waals surface area contributed by atoms with E-state index in [-0.39, 0.29) is 35.6 Å². The number of ether oxygens (including phenoxy) is 1. The Labute approximate surface area is 221 Å². The average Bonchev–Trinajstić information content (AvgIpc) is 2.88. The highest BCUT2D eigenvalue weighted by Gasteiger charge is 2.22. The maximum absolute atomic E-state index is 12.7. The van der Waals surface area contributed by atoms with Crippen LogP contribution in [0.3, 0.4) is 0 Å². The van der Waals surface area contributed by atoms with E-state index in [2.05, 4.69) is 4.72 Å². The minimum atomic E-state index is -4.19. The van der Waals surface area contributed by atoms with Crippen molar-refractivity contribution in [2.45, 2.75) is 35.7 Å². The standard InChI is InChI=1S/C26H26N2O8S2/c1-3-21(29)26(31)36-23-15-19(20-6-4-5-7-24(20)37(2,32)33)10-9-18(23)12-13-28-38(34,35)25-14-17(16-27)8-11-22(25)30/h4-11,14-15,21,28-30H,3,12-13H2,1-2H3. The van der Waals surface area contributed by atoms with Gasteiger partial charge in [-0.05, 0) is 54.3 Å². The van der Waals surface area contributed by atoms with Crippen LogP contribution in [0, 0.1) is 11.3 Å². The van der Waals surface area contributed by atoms with Crippen molar-refractivity contribution in [1.82, 2.24) is 4.72 Å². The van der Waals surface area contributed by atoms with Gasteiger partial charge in [0.05, 0.1) is 16.5 Å². The third-order valence-electron chi connectivity index (χ3n) is 5.60. The summed E-state index contributed by atoms with van der Waals surface area (Å²) in [4.78, 5) is 12.0.